The third kappa shape index (κ3) is 1.90. The van der Waals surface area contributed by atoms with Crippen LogP contribution in [0.25, 0.3) is 11.0 Å². The van der Waals surface area contributed by atoms with E-state index in [0.717, 1.165) is 21.8 Å². The number of nitrogens with zero attached hydrogens (tertiary/aromatic N) is 2. The fourth-order valence-electron chi connectivity index (χ4n) is 1.21. The van der Waals surface area contributed by atoms with E-state index in [1.54, 1.807) is 18.1 Å². The molecule has 0 amide bonds. The number of hydrogen-bond donors (Lipinski definition) is 1. The zero-order valence-corrected chi connectivity index (χ0v) is 9.14. The highest BCUT2D eigenvalue weighted by atomic mass is 32.2. The topological polar surface area (TPSA) is 41.6 Å². The molecule has 1 N–H and O–H groups in total. The summed E-state index contributed by atoms with van der Waals surface area (Å²) in [6, 6.07) is 2.03. The summed E-state index contributed by atoms with van der Waals surface area (Å²) in [6.07, 6.45) is 3.51. The van der Waals surface area contributed by atoms with Crippen molar-refractivity contribution >= 4 is 22.8 Å². The summed E-state index contributed by atoms with van der Waals surface area (Å²) < 4.78 is 0. The molecule has 0 spiro atoms. The molecule has 0 bridgehead atoms. The van der Waals surface area contributed by atoms with Crippen LogP contribution in [0.3, 0.4) is 0 Å². The van der Waals surface area contributed by atoms with Crippen molar-refractivity contribution in [2.45, 2.75) is 18.9 Å². The molecule has 14 heavy (non-hydrogen) atoms. The van der Waals surface area contributed by atoms with E-state index in [1.165, 1.54) is 0 Å². The van der Waals surface area contributed by atoms with Crippen LogP contribution in [0.15, 0.2) is 23.6 Å². The van der Waals surface area contributed by atoms with E-state index in [1.807, 2.05) is 12.3 Å². The van der Waals surface area contributed by atoms with E-state index in [0.29, 0.717) is 5.92 Å². The van der Waals surface area contributed by atoms with Gasteiger partial charge in [0.1, 0.15) is 17.0 Å². The SMILES string of the molecule is CC(C)CSc1ncnc2[nH]ccc12. The molecule has 0 unspecified atom stereocenters. The molecule has 4 heteroatoms. The zero-order chi connectivity index (χ0) is 9.97. The van der Waals surface area contributed by atoms with E-state index >= 15 is 0 Å². The molecule has 74 valence electrons. The molecule has 2 rings (SSSR count). The molecule has 3 nitrogen and oxygen atoms in total. The molecule has 2 heterocycles. The average Bonchev–Trinajstić information content (AvgIpc) is 2.62. The molecule has 0 fully saturated rings. The Balaban J connectivity index is 2.27. The van der Waals surface area contributed by atoms with Crippen molar-refractivity contribution in [3.63, 3.8) is 0 Å². The molecule has 0 aliphatic heterocycles. The predicted octanol–water partition coefficient (Wildman–Crippen LogP) is 2.71. The first-order valence-corrected chi connectivity index (χ1v) is 5.67. The number of fused-ring (bicyclic) bond motifs is 1. The fourth-order valence-corrected chi connectivity index (χ4v) is 2.14. The summed E-state index contributed by atoms with van der Waals surface area (Å²) in [5.74, 6) is 1.78. The Kier molecular flexibility index (Phi) is 2.72. The first kappa shape index (κ1) is 9.52. The maximum atomic E-state index is 4.28. The molecule has 0 radical (unpaired) electrons. The Hall–Kier alpha value is -1.03. The highest BCUT2D eigenvalue weighted by molar-refractivity contribution is 7.99. The van der Waals surface area contributed by atoms with Gasteiger partial charge in [-0.1, -0.05) is 13.8 Å². The van der Waals surface area contributed by atoms with Gasteiger partial charge in [-0.15, -0.1) is 11.8 Å². The maximum Gasteiger partial charge on any atom is 0.141 e. The first-order chi connectivity index (χ1) is 6.77. The summed E-state index contributed by atoms with van der Waals surface area (Å²) in [5, 5.41) is 2.20. The van der Waals surface area contributed by atoms with Crippen LogP contribution in [-0.4, -0.2) is 20.7 Å². The number of rotatable bonds is 3. The van der Waals surface area contributed by atoms with E-state index < -0.39 is 0 Å². The van der Waals surface area contributed by atoms with Crippen LogP contribution in [0.1, 0.15) is 13.8 Å². The minimum absolute atomic E-state index is 0.684. The van der Waals surface area contributed by atoms with Gasteiger partial charge >= 0.3 is 0 Å². The van der Waals surface area contributed by atoms with Gasteiger partial charge in [0.15, 0.2) is 0 Å². The summed E-state index contributed by atoms with van der Waals surface area (Å²) in [7, 11) is 0. The van der Waals surface area contributed by atoms with Gasteiger partial charge in [0, 0.05) is 11.9 Å². The van der Waals surface area contributed by atoms with Gasteiger partial charge in [-0.2, -0.15) is 0 Å². The predicted molar refractivity (Wildman–Crippen MR) is 59.5 cm³/mol. The second-order valence-electron chi connectivity index (χ2n) is 3.62. The number of nitrogens with one attached hydrogen (secondary N) is 1. The second-order valence-corrected chi connectivity index (χ2v) is 4.63. The zero-order valence-electron chi connectivity index (χ0n) is 8.32. The van der Waals surface area contributed by atoms with E-state index in [4.69, 9.17) is 0 Å². The molecule has 2 aromatic rings. The lowest BCUT2D eigenvalue weighted by atomic mass is 10.3. The average molecular weight is 207 g/mol. The van der Waals surface area contributed by atoms with Gasteiger partial charge in [-0.3, -0.25) is 0 Å². The number of hydrogen-bond acceptors (Lipinski definition) is 3. The Bertz CT molecular complexity index is 422. The summed E-state index contributed by atoms with van der Waals surface area (Å²) in [5.41, 5.74) is 0.922. The summed E-state index contributed by atoms with van der Waals surface area (Å²) in [6.45, 7) is 4.42. The molecular formula is C10H13N3S. The fraction of sp³-hybridized carbons (Fsp3) is 0.400. The molecule has 0 saturated heterocycles. The third-order valence-corrected chi connectivity index (χ3v) is 3.30. The van der Waals surface area contributed by atoms with E-state index in [9.17, 15) is 0 Å². The minimum atomic E-state index is 0.684. The molecule has 0 saturated carbocycles. The van der Waals surface area contributed by atoms with Crippen molar-refractivity contribution < 1.29 is 0 Å². The van der Waals surface area contributed by atoms with Crippen molar-refractivity contribution in [3.05, 3.63) is 18.6 Å². The Labute approximate surface area is 87.3 Å². The molecular weight excluding hydrogens is 194 g/mol. The van der Waals surface area contributed by atoms with Gasteiger partial charge in [0.05, 0.1) is 5.39 Å². The summed E-state index contributed by atoms with van der Waals surface area (Å²) in [4.78, 5) is 11.5. The Morgan fingerprint density at radius 2 is 2.29 bits per heavy atom. The summed E-state index contributed by atoms with van der Waals surface area (Å²) >= 11 is 1.79. The van der Waals surface area contributed by atoms with Crippen LogP contribution in [0.4, 0.5) is 0 Å². The largest absolute Gasteiger partial charge is 0.346 e. The van der Waals surface area contributed by atoms with Crippen LogP contribution in [-0.2, 0) is 0 Å². The lowest BCUT2D eigenvalue weighted by Crippen LogP contribution is -1.92. The van der Waals surface area contributed by atoms with Crippen molar-refractivity contribution in [2.24, 2.45) is 5.92 Å². The van der Waals surface area contributed by atoms with Gasteiger partial charge in [0.2, 0.25) is 0 Å². The van der Waals surface area contributed by atoms with E-state index in [2.05, 4.69) is 28.8 Å². The van der Waals surface area contributed by atoms with Crippen LogP contribution in [0, 0.1) is 5.92 Å². The monoisotopic (exact) mass is 207 g/mol. The quantitative estimate of drug-likeness (QED) is 0.621. The number of aromatic amines is 1. The Morgan fingerprint density at radius 3 is 3.07 bits per heavy atom. The molecule has 0 aromatic carbocycles. The normalized spacial score (nSPS) is 11.4. The lowest BCUT2D eigenvalue weighted by molar-refractivity contribution is 0.749. The third-order valence-electron chi connectivity index (χ3n) is 1.87. The van der Waals surface area contributed by atoms with Crippen LogP contribution >= 0.6 is 11.8 Å². The maximum absolute atomic E-state index is 4.28. The Morgan fingerprint density at radius 1 is 1.43 bits per heavy atom. The van der Waals surface area contributed by atoms with Crippen LogP contribution < -0.4 is 0 Å². The molecule has 0 atom stereocenters. The van der Waals surface area contributed by atoms with Crippen molar-refractivity contribution in [3.8, 4) is 0 Å². The van der Waals surface area contributed by atoms with Gasteiger partial charge < -0.3 is 4.98 Å². The highest BCUT2D eigenvalue weighted by Crippen LogP contribution is 2.24. The number of aromatic nitrogens is 3. The van der Waals surface area contributed by atoms with Crippen molar-refractivity contribution in [1.29, 1.82) is 0 Å². The molecule has 0 aliphatic carbocycles. The minimum Gasteiger partial charge on any atom is -0.346 e. The van der Waals surface area contributed by atoms with Gasteiger partial charge in [-0.25, -0.2) is 9.97 Å². The highest BCUT2D eigenvalue weighted by Gasteiger charge is 2.05. The van der Waals surface area contributed by atoms with Crippen molar-refractivity contribution in [1.82, 2.24) is 15.0 Å². The van der Waals surface area contributed by atoms with Crippen LogP contribution in [0.5, 0.6) is 0 Å². The lowest BCUT2D eigenvalue weighted by Gasteiger charge is -2.03. The van der Waals surface area contributed by atoms with Crippen LogP contribution in [0.2, 0.25) is 0 Å². The van der Waals surface area contributed by atoms with Gasteiger partial charge in [0.25, 0.3) is 0 Å². The first-order valence-electron chi connectivity index (χ1n) is 4.68. The second kappa shape index (κ2) is 4.00. The van der Waals surface area contributed by atoms with Gasteiger partial charge in [-0.05, 0) is 12.0 Å². The number of H-pyrrole nitrogens is 1. The standard InChI is InChI=1S/C10H13N3S/c1-7(2)5-14-10-8-3-4-11-9(8)12-6-13-10/h3-4,6-7H,5H2,1-2H3,(H,11,12,13). The van der Waals surface area contributed by atoms with Crippen molar-refractivity contribution in [2.75, 3.05) is 5.75 Å². The molecule has 2 aromatic heterocycles. The molecule has 0 aliphatic rings. The smallest absolute Gasteiger partial charge is 0.141 e. The number of thioether (sulfide) groups is 1. The van der Waals surface area contributed by atoms with E-state index in [-0.39, 0.29) is 0 Å².